The molecule has 0 aliphatic rings. The van der Waals surface area contributed by atoms with E-state index in [-0.39, 0.29) is 29.0 Å². The van der Waals surface area contributed by atoms with Gasteiger partial charge in [0.15, 0.2) is 0 Å². The summed E-state index contributed by atoms with van der Waals surface area (Å²) in [4.78, 5) is 0.240. The van der Waals surface area contributed by atoms with Gasteiger partial charge in [0.2, 0.25) is 10.0 Å². The van der Waals surface area contributed by atoms with Crippen LogP contribution in [0.1, 0.15) is 26.3 Å². The van der Waals surface area contributed by atoms with Crippen LogP contribution in [0, 0.1) is 0 Å². The van der Waals surface area contributed by atoms with Crippen LogP contribution in [0.4, 0.5) is 0 Å². The summed E-state index contributed by atoms with van der Waals surface area (Å²) in [5, 5.41) is 1.84. The molecular weight excluding hydrogens is 422 g/mol. The van der Waals surface area contributed by atoms with Crippen molar-refractivity contribution in [3.8, 4) is 5.75 Å². The maximum absolute atomic E-state index is 13.3. The van der Waals surface area contributed by atoms with Gasteiger partial charge in [-0.15, -0.1) is 0 Å². The van der Waals surface area contributed by atoms with Gasteiger partial charge in [-0.05, 0) is 61.4 Å². The van der Waals surface area contributed by atoms with E-state index in [1.165, 1.54) is 23.4 Å². The molecule has 0 spiro atoms. The van der Waals surface area contributed by atoms with Crippen molar-refractivity contribution >= 4 is 30.9 Å². The molecule has 0 unspecified atom stereocenters. The Kier molecular flexibility index (Phi) is 6.50. The Morgan fingerprint density at radius 1 is 0.867 bits per heavy atom. The fraction of sp³-hybridized carbons (Fsp3) is 0.273. The summed E-state index contributed by atoms with van der Waals surface area (Å²) in [6.45, 7) is 5.31. The van der Waals surface area contributed by atoms with E-state index in [0.717, 1.165) is 16.3 Å². The topological polar surface area (TPSA) is 80.8 Å². The minimum Gasteiger partial charge on any atom is -0.382 e. The molecule has 0 aromatic heterocycles. The van der Waals surface area contributed by atoms with Crippen molar-refractivity contribution in [2.75, 3.05) is 5.75 Å². The summed E-state index contributed by atoms with van der Waals surface area (Å²) in [5.41, 5.74) is 0.731. The monoisotopic (exact) mass is 447 g/mol. The first-order chi connectivity index (χ1) is 14.1. The third kappa shape index (κ3) is 5.00. The molecule has 0 bridgehead atoms. The molecule has 0 amide bonds. The van der Waals surface area contributed by atoms with Crippen LogP contribution in [0.15, 0.2) is 71.6 Å². The van der Waals surface area contributed by atoms with E-state index < -0.39 is 20.1 Å². The molecule has 0 aliphatic heterocycles. The Balaban J connectivity index is 1.87. The van der Waals surface area contributed by atoms with E-state index in [1.807, 2.05) is 38.1 Å². The first-order valence-electron chi connectivity index (χ1n) is 9.64. The molecular formula is C22H25NO5S2. The Hall–Kier alpha value is -2.42. The highest BCUT2D eigenvalue weighted by Gasteiger charge is 2.27. The van der Waals surface area contributed by atoms with Gasteiger partial charge in [0, 0.05) is 12.6 Å². The highest BCUT2D eigenvalue weighted by Crippen LogP contribution is 2.25. The van der Waals surface area contributed by atoms with E-state index in [1.54, 1.807) is 30.3 Å². The minimum absolute atomic E-state index is 0.125. The summed E-state index contributed by atoms with van der Waals surface area (Å²) in [6.07, 6.45) is 0. The first kappa shape index (κ1) is 22.3. The van der Waals surface area contributed by atoms with Gasteiger partial charge in [-0.3, -0.25) is 0 Å². The van der Waals surface area contributed by atoms with E-state index in [0.29, 0.717) is 0 Å². The Morgan fingerprint density at radius 2 is 1.50 bits per heavy atom. The zero-order chi connectivity index (χ0) is 21.9. The number of fused-ring (bicyclic) bond motifs is 1. The van der Waals surface area contributed by atoms with Crippen LogP contribution < -0.4 is 4.18 Å². The number of hydrogen-bond donors (Lipinski definition) is 0. The summed E-state index contributed by atoms with van der Waals surface area (Å²) in [7, 11) is -7.33. The molecule has 6 nitrogen and oxygen atoms in total. The number of rotatable bonds is 8. The van der Waals surface area contributed by atoms with E-state index >= 15 is 0 Å². The molecule has 8 heteroatoms. The highest BCUT2D eigenvalue weighted by molar-refractivity contribution is 7.89. The molecule has 0 heterocycles. The van der Waals surface area contributed by atoms with Gasteiger partial charge in [-0.1, -0.05) is 42.5 Å². The lowest BCUT2D eigenvalue weighted by Gasteiger charge is -2.26. The third-order valence-electron chi connectivity index (χ3n) is 4.74. The van der Waals surface area contributed by atoms with Crippen LogP contribution in [0.25, 0.3) is 10.8 Å². The van der Waals surface area contributed by atoms with Crippen LogP contribution >= 0.6 is 0 Å². The van der Waals surface area contributed by atoms with Crippen molar-refractivity contribution < 1.29 is 21.0 Å². The van der Waals surface area contributed by atoms with Gasteiger partial charge in [0.25, 0.3) is 0 Å². The van der Waals surface area contributed by atoms with Gasteiger partial charge in [-0.25, -0.2) is 8.42 Å². The molecule has 0 aliphatic carbocycles. The number of sulfonamides is 1. The molecule has 3 aromatic rings. The summed E-state index contributed by atoms with van der Waals surface area (Å²) in [5.74, 6) is 0.0777. The quantitative estimate of drug-likeness (QED) is 0.484. The van der Waals surface area contributed by atoms with Crippen molar-refractivity contribution in [3.05, 3.63) is 72.3 Å². The molecule has 0 saturated carbocycles. The second kappa shape index (κ2) is 8.75. The third-order valence-corrected chi connectivity index (χ3v) is 7.91. The van der Waals surface area contributed by atoms with Crippen molar-refractivity contribution in [2.24, 2.45) is 0 Å². The molecule has 0 saturated heterocycles. The maximum atomic E-state index is 13.3. The zero-order valence-electron chi connectivity index (χ0n) is 17.1. The molecule has 0 radical (unpaired) electrons. The lowest BCUT2D eigenvalue weighted by Crippen LogP contribution is -2.36. The van der Waals surface area contributed by atoms with Crippen LogP contribution in [0.3, 0.4) is 0 Å². The fourth-order valence-corrected chi connectivity index (χ4v) is 5.23. The number of hydrogen-bond acceptors (Lipinski definition) is 5. The fourth-order valence-electron chi connectivity index (χ4n) is 3.04. The number of benzene rings is 3. The lowest BCUT2D eigenvalue weighted by atomic mass is 10.1. The minimum atomic E-state index is -3.73. The normalized spacial score (nSPS) is 12.6. The molecule has 3 rings (SSSR count). The molecule has 0 N–H and O–H groups in total. The van der Waals surface area contributed by atoms with Crippen molar-refractivity contribution in [3.63, 3.8) is 0 Å². The number of nitrogens with zero attached hydrogens (tertiary/aromatic N) is 1. The smallest absolute Gasteiger partial charge is 0.308 e. The molecule has 30 heavy (non-hydrogen) atoms. The second-order valence-electron chi connectivity index (χ2n) is 7.23. The summed E-state index contributed by atoms with van der Waals surface area (Å²) in [6, 6.07) is 18.9. The SMILES string of the molecule is CCS(=O)(=O)Oc1ccc(CN(C(C)C)S(=O)(=O)c2ccc3ccccc3c2)cc1. The van der Waals surface area contributed by atoms with E-state index in [9.17, 15) is 16.8 Å². The van der Waals surface area contributed by atoms with Gasteiger partial charge >= 0.3 is 10.1 Å². The summed E-state index contributed by atoms with van der Waals surface area (Å²) >= 11 is 0. The van der Waals surface area contributed by atoms with Gasteiger partial charge in [0.05, 0.1) is 10.6 Å². The van der Waals surface area contributed by atoms with Crippen LogP contribution in [-0.4, -0.2) is 32.9 Å². The maximum Gasteiger partial charge on any atom is 0.308 e. The lowest BCUT2D eigenvalue weighted by molar-refractivity contribution is 0.348. The van der Waals surface area contributed by atoms with Crippen molar-refractivity contribution in [2.45, 2.75) is 38.3 Å². The van der Waals surface area contributed by atoms with Gasteiger partial charge in [0.1, 0.15) is 5.75 Å². The largest absolute Gasteiger partial charge is 0.382 e. The molecule has 0 fully saturated rings. The predicted molar refractivity (Wildman–Crippen MR) is 118 cm³/mol. The predicted octanol–water partition coefficient (Wildman–Crippen LogP) is 4.17. The molecule has 160 valence electrons. The van der Waals surface area contributed by atoms with Gasteiger partial charge < -0.3 is 4.18 Å². The Labute approximate surface area is 178 Å². The average molecular weight is 448 g/mol. The second-order valence-corrected chi connectivity index (χ2v) is 11.0. The van der Waals surface area contributed by atoms with Crippen LogP contribution in [0.2, 0.25) is 0 Å². The average Bonchev–Trinajstić information content (AvgIpc) is 2.72. The van der Waals surface area contributed by atoms with Crippen molar-refractivity contribution in [1.29, 1.82) is 0 Å². The first-order valence-corrected chi connectivity index (χ1v) is 12.7. The Bertz CT molecular complexity index is 1230. The summed E-state index contributed by atoms with van der Waals surface area (Å²) < 4.78 is 56.3. The zero-order valence-corrected chi connectivity index (χ0v) is 18.8. The standard InChI is InChI=1S/C22H25NO5S2/c1-4-29(24,25)28-21-12-9-18(10-13-21)16-23(17(2)3)30(26,27)22-14-11-19-7-5-6-8-20(19)15-22/h5-15,17H,4,16H2,1-3H3. The molecule has 3 aromatic carbocycles. The van der Waals surface area contributed by atoms with E-state index in [4.69, 9.17) is 4.18 Å². The molecule has 0 atom stereocenters. The highest BCUT2D eigenvalue weighted by atomic mass is 32.2. The van der Waals surface area contributed by atoms with Gasteiger partial charge in [-0.2, -0.15) is 12.7 Å². The van der Waals surface area contributed by atoms with Crippen LogP contribution in [-0.2, 0) is 26.7 Å². The van der Waals surface area contributed by atoms with Crippen LogP contribution in [0.5, 0.6) is 5.75 Å². The van der Waals surface area contributed by atoms with E-state index in [2.05, 4.69) is 0 Å². The van der Waals surface area contributed by atoms with Crippen molar-refractivity contribution in [1.82, 2.24) is 4.31 Å². The Morgan fingerprint density at radius 3 is 2.10 bits per heavy atom.